The quantitative estimate of drug-likeness (QED) is 0.840. The molecule has 0 aliphatic carbocycles. The van der Waals surface area contributed by atoms with Crippen LogP contribution in [0.2, 0.25) is 0 Å². The van der Waals surface area contributed by atoms with Crippen LogP contribution in [-0.2, 0) is 4.74 Å². The van der Waals surface area contributed by atoms with E-state index in [1.54, 1.807) is 4.90 Å². The standard InChI is InChI=1S/C12H15N5O2/c1-2-14-11-7-15-10(6-16-11)12(18)17-3-4-19-9(5-13)8-17/h6-7,9H,2-4,8H2,1H3,(H,14,16). The maximum absolute atomic E-state index is 12.2. The predicted molar refractivity (Wildman–Crippen MR) is 67.5 cm³/mol. The smallest absolute Gasteiger partial charge is 0.274 e. The maximum atomic E-state index is 12.2. The van der Waals surface area contributed by atoms with Crippen molar-refractivity contribution < 1.29 is 9.53 Å². The fourth-order valence-corrected chi connectivity index (χ4v) is 1.78. The number of nitrogens with zero attached hydrogens (tertiary/aromatic N) is 4. The van der Waals surface area contributed by atoms with Gasteiger partial charge in [-0.3, -0.25) is 4.79 Å². The monoisotopic (exact) mass is 261 g/mol. The summed E-state index contributed by atoms with van der Waals surface area (Å²) in [5.74, 6) is 0.412. The van der Waals surface area contributed by atoms with Crippen LogP contribution in [0.15, 0.2) is 12.4 Å². The molecule has 0 radical (unpaired) electrons. The molecule has 1 aromatic rings. The second-order valence-corrected chi connectivity index (χ2v) is 4.06. The van der Waals surface area contributed by atoms with Crippen molar-refractivity contribution in [2.45, 2.75) is 13.0 Å². The average Bonchev–Trinajstić information content (AvgIpc) is 2.48. The largest absolute Gasteiger partial charge is 0.369 e. The van der Waals surface area contributed by atoms with Crippen molar-refractivity contribution in [1.29, 1.82) is 5.26 Å². The van der Waals surface area contributed by atoms with Crippen molar-refractivity contribution in [2.24, 2.45) is 0 Å². The van der Waals surface area contributed by atoms with E-state index in [4.69, 9.17) is 10.00 Å². The Morgan fingerprint density at radius 1 is 1.63 bits per heavy atom. The topological polar surface area (TPSA) is 91.1 Å². The van der Waals surface area contributed by atoms with Gasteiger partial charge in [0, 0.05) is 13.1 Å². The van der Waals surface area contributed by atoms with Gasteiger partial charge in [-0.25, -0.2) is 9.97 Å². The van der Waals surface area contributed by atoms with Crippen molar-refractivity contribution in [1.82, 2.24) is 14.9 Å². The second kappa shape index (κ2) is 6.11. The number of rotatable bonds is 3. The number of anilines is 1. The van der Waals surface area contributed by atoms with Crippen LogP contribution in [0.4, 0.5) is 5.82 Å². The summed E-state index contributed by atoms with van der Waals surface area (Å²) in [6.45, 7) is 3.80. The summed E-state index contributed by atoms with van der Waals surface area (Å²) >= 11 is 0. The Morgan fingerprint density at radius 2 is 2.47 bits per heavy atom. The van der Waals surface area contributed by atoms with E-state index >= 15 is 0 Å². The molecule has 7 nitrogen and oxygen atoms in total. The van der Waals surface area contributed by atoms with E-state index in [1.807, 2.05) is 13.0 Å². The number of amides is 1. The van der Waals surface area contributed by atoms with E-state index in [2.05, 4.69) is 15.3 Å². The number of nitrogens with one attached hydrogen (secondary N) is 1. The summed E-state index contributed by atoms with van der Waals surface area (Å²) in [4.78, 5) is 21.9. The summed E-state index contributed by atoms with van der Waals surface area (Å²) in [5.41, 5.74) is 0.278. The molecule has 0 aromatic carbocycles. The third kappa shape index (κ3) is 3.17. The van der Waals surface area contributed by atoms with Gasteiger partial charge in [-0.15, -0.1) is 0 Å². The van der Waals surface area contributed by atoms with Crippen LogP contribution in [0.1, 0.15) is 17.4 Å². The molecule has 1 unspecified atom stereocenters. The van der Waals surface area contributed by atoms with Gasteiger partial charge in [0.2, 0.25) is 0 Å². The Hall–Kier alpha value is -2.20. The van der Waals surface area contributed by atoms with E-state index in [1.165, 1.54) is 12.4 Å². The fraction of sp³-hybridized carbons (Fsp3) is 0.500. The van der Waals surface area contributed by atoms with Crippen molar-refractivity contribution in [2.75, 3.05) is 31.6 Å². The minimum Gasteiger partial charge on any atom is -0.369 e. The molecule has 1 aliphatic heterocycles. The van der Waals surface area contributed by atoms with Crippen molar-refractivity contribution >= 4 is 11.7 Å². The molecule has 0 bridgehead atoms. The Morgan fingerprint density at radius 3 is 3.11 bits per heavy atom. The number of carbonyl (C=O) groups is 1. The summed E-state index contributed by atoms with van der Waals surface area (Å²) in [7, 11) is 0. The van der Waals surface area contributed by atoms with E-state index in [0.29, 0.717) is 19.0 Å². The molecule has 1 N–H and O–H groups in total. The second-order valence-electron chi connectivity index (χ2n) is 4.06. The summed E-state index contributed by atoms with van der Waals surface area (Å²) < 4.78 is 5.19. The molecule has 7 heteroatoms. The SMILES string of the molecule is CCNc1cnc(C(=O)N2CCOC(C#N)C2)cn1. The van der Waals surface area contributed by atoms with Gasteiger partial charge in [-0.2, -0.15) is 5.26 Å². The first-order valence-electron chi connectivity index (χ1n) is 6.11. The molecule has 2 heterocycles. The minimum atomic E-state index is -0.563. The Balaban J connectivity index is 2.04. The van der Waals surface area contributed by atoms with Crippen molar-refractivity contribution in [3.05, 3.63) is 18.1 Å². The van der Waals surface area contributed by atoms with Crippen LogP contribution < -0.4 is 5.32 Å². The molecule has 2 rings (SSSR count). The molecular formula is C12H15N5O2. The molecule has 0 saturated carbocycles. The summed E-state index contributed by atoms with van der Waals surface area (Å²) in [6, 6.07) is 2.00. The van der Waals surface area contributed by atoms with Gasteiger partial charge >= 0.3 is 0 Å². The lowest BCUT2D eigenvalue weighted by Gasteiger charge is -2.29. The first-order valence-corrected chi connectivity index (χ1v) is 6.11. The highest BCUT2D eigenvalue weighted by atomic mass is 16.5. The third-order valence-electron chi connectivity index (χ3n) is 2.73. The van der Waals surface area contributed by atoms with Gasteiger partial charge < -0.3 is 15.0 Å². The Kier molecular flexibility index (Phi) is 4.26. The van der Waals surface area contributed by atoms with E-state index in [9.17, 15) is 4.79 Å². The molecule has 100 valence electrons. The van der Waals surface area contributed by atoms with Crippen LogP contribution in [0.3, 0.4) is 0 Å². The number of morpholine rings is 1. The highest BCUT2D eigenvalue weighted by Gasteiger charge is 2.25. The number of ether oxygens (including phenoxy) is 1. The van der Waals surface area contributed by atoms with Crippen LogP contribution in [0, 0.1) is 11.3 Å². The van der Waals surface area contributed by atoms with Gasteiger partial charge in [0.25, 0.3) is 5.91 Å². The first kappa shape index (κ1) is 13.2. The van der Waals surface area contributed by atoms with E-state index < -0.39 is 6.10 Å². The lowest BCUT2D eigenvalue weighted by atomic mass is 10.2. The van der Waals surface area contributed by atoms with Crippen LogP contribution >= 0.6 is 0 Å². The molecule has 1 saturated heterocycles. The predicted octanol–water partition coefficient (Wildman–Crippen LogP) is 0.273. The van der Waals surface area contributed by atoms with Gasteiger partial charge in [-0.1, -0.05) is 0 Å². The average molecular weight is 261 g/mol. The highest BCUT2D eigenvalue weighted by Crippen LogP contribution is 2.09. The molecule has 1 aliphatic rings. The fourth-order valence-electron chi connectivity index (χ4n) is 1.78. The first-order chi connectivity index (χ1) is 9.24. The Labute approximate surface area is 111 Å². The van der Waals surface area contributed by atoms with Gasteiger partial charge in [0.1, 0.15) is 11.5 Å². The molecule has 1 atom stereocenters. The van der Waals surface area contributed by atoms with Gasteiger partial charge in [0.05, 0.1) is 31.6 Å². The lowest BCUT2D eigenvalue weighted by Crippen LogP contribution is -2.45. The van der Waals surface area contributed by atoms with E-state index in [-0.39, 0.29) is 18.1 Å². The van der Waals surface area contributed by atoms with Gasteiger partial charge in [0.15, 0.2) is 6.10 Å². The molecule has 19 heavy (non-hydrogen) atoms. The summed E-state index contributed by atoms with van der Waals surface area (Å²) in [5, 5.41) is 11.8. The maximum Gasteiger partial charge on any atom is 0.274 e. The van der Waals surface area contributed by atoms with Gasteiger partial charge in [-0.05, 0) is 6.92 Å². The molecule has 1 fully saturated rings. The zero-order chi connectivity index (χ0) is 13.7. The van der Waals surface area contributed by atoms with Crippen molar-refractivity contribution in [3.8, 4) is 6.07 Å². The third-order valence-corrected chi connectivity index (χ3v) is 2.73. The normalized spacial score (nSPS) is 18.7. The van der Waals surface area contributed by atoms with Crippen LogP contribution in [0.5, 0.6) is 0 Å². The number of carbonyl (C=O) groups excluding carboxylic acids is 1. The van der Waals surface area contributed by atoms with Crippen molar-refractivity contribution in [3.63, 3.8) is 0 Å². The summed E-state index contributed by atoms with van der Waals surface area (Å²) in [6.07, 6.45) is 2.41. The van der Waals surface area contributed by atoms with Crippen LogP contribution in [0.25, 0.3) is 0 Å². The molecule has 0 spiro atoms. The zero-order valence-corrected chi connectivity index (χ0v) is 10.7. The highest BCUT2D eigenvalue weighted by molar-refractivity contribution is 5.92. The lowest BCUT2D eigenvalue weighted by molar-refractivity contribution is 0.00318. The zero-order valence-electron chi connectivity index (χ0n) is 10.7. The number of hydrogen-bond acceptors (Lipinski definition) is 6. The molecule has 1 aromatic heterocycles. The minimum absolute atomic E-state index is 0.223. The number of nitriles is 1. The number of hydrogen-bond donors (Lipinski definition) is 1. The Bertz CT molecular complexity index is 482. The van der Waals surface area contributed by atoms with E-state index in [0.717, 1.165) is 6.54 Å². The van der Waals surface area contributed by atoms with Crippen LogP contribution in [-0.4, -0.2) is 53.1 Å². The molecule has 1 amide bonds. The number of aromatic nitrogens is 2. The molecular weight excluding hydrogens is 246 g/mol.